The first-order valence-corrected chi connectivity index (χ1v) is 10.6. The zero-order valence-corrected chi connectivity index (χ0v) is 17.6. The molecule has 0 fully saturated rings. The number of rotatable bonds is 11. The number of carbonyl (C=O) groups excluding carboxylic acids is 1. The predicted octanol–water partition coefficient (Wildman–Crippen LogP) is 4.57. The van der Waals surface area contributed by atoms with Crippen LogP contribution in [0.5, 0.6) is 11.5 Å². The van der Waals surface area contributed by atoms with E-state index in [2.05, 4.69) is 48.6 Å². The van der Waals surface area contributed by atoms with Crippen molar-refractivity contribution < 1.29 is 14.3 Å². The van der Waals surface area contributed by atoms with E-state index < -0.39 is 0 Å². The van der Waals surface area contributed by atoms with Crippen LogP contribution in [0.15, 0.2) is 47.6 Å². The van der Waals surface area contributed by atoms with E-state index in [1.54, 1.807) is 18.0 Å². The molecule has 6 heteroatoms. The molecule has 0 aliphatic carbocycles. The largest absolute Gasteiger partial charge is 0.490 e. The number of hydrazone groups is 1. The zero-order valence-electron chi connectivity index (χ0n) is 16.7. The molecule has 0 heterocycles. The third kappa shape index (κ3) is 7.64. The molecule has 0 saturated carbocycles. The highest BCUT2D eigenvalue weighted by Gasteiger charge is 2.06. The van der Waals surface area contributed by atoms with E-state index >= 15 is 0 Å². The van der Waals surface area contributed by atoms with Gasteiger partial charge in [-0.15, -0.1) is 11.8 Å². The zero-order chi connectivity index (χ0) is 20.2. The summed E-state index contributed by atoms with van der Waals surface area (Å²) in [5, 5.41) is 4.04. The van der Waals surface area contributed by atoms with Gasteiger partial charge in [0.05, 0.1) is 25.2 Å². The smallest absolute Gasteiger partial charge is 0.250 e. The molecule has 0 spiro atoms. The van der Waals surface area contributed by atoms with E-state index in [-0.39, 0.29) is 5.91 Å². The van der Waals surface area contributed by atoms with E-state index in [4.69, 9.17) is 9.47 Å². The van der Waals surface area contributed by atoms with E-state index in [1.807, 2.05) is 25.1 Å². The molecule has 0 aromatic heterocycles. The Kier molecular flexibility index (Phi) is 9.42. The Bertz CT molecular complexity index is 776. The molecule has 2 aromatic rings. The average molecular weight is 401 g/mol. The van der Waals surface area contributed by atoms with Crippen LogP contribution in [0.25, 0.3) is 0 Å². The number of benzene rings is 2. The van der Waals surface area contributed by atoms with E-state index in [1.165, 1.54) is 11.1 Å². The summed E-state index contributed by atoms with van der Waals surface area (Å²) in [6.45, 7) is 7.25. The summed E-state index contributed by atoms with van der Waals surface area (Å²) in [6, 6.07) is 13.9. The van der Waals surface area contributed by atoms with Crippen molar-refractivity contribution in [2.45, 2.75) is 32.9 Å². The summed E-state index contributed by atoms with van der Waals surface area (Å²) < 4.78 is 11.3. The summed E-state index contributed by atoms with van der Waals surface area (Å²) in [4.78, 5) is 11.9. The molecule has 0 atom stereocenters. The van der Waals surface area contributed by atoms with Gasteiger partial charge in [-0.05, 0) is 49.6 Å². The number of nitrogens with zero attached hydrogens (tertiary/aromatic N) is 1. The molecule has 0 aliphatic heterocycles. The molecule has 2 aromatic carbocycles. The molecule has 0 unspecified atom stereocenters. The van der Waals surface area contributed by atoms with Crippen molar-refractivity contribution in [1.29, 1.82) is 0 Å². The van der Waals surface area contributed by atoms with Crippen molar-refractivity contribution in [3.63, 3.8) is 0 Å². The standard InChI is InChI=1S/C22H28N2O3S/c1-4-12-27-20-11-10-19(13-21(20)26-5-2)14-23-24-22(25)16-28-15-18-8-6-17(3)7-9-18/h6-11,13-14H,4-5,12,15-16H2,1-3H3,(H,24,25)/b23-14+. The number of amides is 1. The minimum Gasteiger partial charge on any atom is -0.490 e. The van der Waals surface area contributed by atoms with E-state index in [9.17, 15) is 4.79 Å². The van der Waals surface area contributed by atoms with Gasteiger partial charge < -0.3 is 9.47 Å². The van der Waals surface area contributed by atoms with Crippen LogP contribution < -0.4 is 14.9 Å². The minimum atomic E-state index is -0.124. The van der Waals surface area contributed by atoms with Crippen molar-refractivity contribution in [3.8, 4) is 11.5 Å². The molecular weight excluding hydrogens is 372 g/mol. The van der Waals surface area contributed by atoms with Crippen molar-refractivity contribution in [2.75, 3.05) is 19.0 Å². The van der Waals surface area contributed by atoms with Gasteiger partial charge in [0.15, 0.2) is 11.5 Å². The highest BCUT2D eigenvalue weighted by atomic mass is 32.2. The van der Waals surface area contributed by atoms with Gasteiger partial charge in [-0.25, -0.2) is 5.43 Å². The van der Waals surface area contributed by atoms with Crippen molar-refractivity contribution in [2.24, 2.45) is 5.10 Å². The quantitative estimate of drug-likeness (QED) is 0.443. The molecule has 150 valence electrons. The number of hydrogen-bond acceptors (Lipinski definition) is 5. The van der Waals surface area contributed by atoms with Crippen LogP contribution in [-0.4, -0.2) is 31.1 Å². The number of thioether (sulfide) groups is 1. The van der Waals surface area contributed by atoms with Crippen LogP contribution in [0, 0.1) is 6.92 Å². The topological polar surface area (TPSA) is 59.9 Å². The van der Waals surface area contributed by atoms with Crippen molar-refractivity contribution in [3.05, 3.63) is 59.2 Å². The molecule has 2 rings (SSSR count). The Balaban J connectivity index is 1.81. The van der Waals surface area contributed by atoms with Gasteiger partial charge in [0.25, 0.3) is 0 Å². The Morgan fingerprint density at radius 3 is 2.61 bits per heavy atom. The Morgan fingerprint density at radius 1 is 1.11 bits per heavy atom. The molecule has 0 radical (unpaired) electrons. The lowest BCUT2D eigenvalue weighted by molar-refractivity contribution is -0.118. The first-order chi connectivity index (χ1) is 13.6. The summed E-state index contributed by atoms with van der Waals surface area (Å²) >= 11 is 1.56. The van der Waals surface area contributed by atoms with Gasteiger partial charge in [-0.1, -0.05) is 36.8 Å². The van der Waals surface area contributed by atoms with Crippen molar-refractivity contribution >= 4 is 23.9 Å². The first kappa shape index (κ1) is 21.8. The lowest BCUT2D eigenvalue weighted by Crippen LogP contribution is -2.19. The minimum absolute atomic E-state index is 0.124. The summed E-state index contributed by atoms with van der Waals surface area (Å²) in [7, 11) is 0. The number of aryl methyl sites for hydroxylation is 1. The molecular formula is C22H28N2O3S. The number of nitrogens with one attached hydrogen (secondary N) is 1. The fourth-order valence-electron chi connectivity index (χ4n) is 2.36. The molecule has 0 bridgehead atoms. The third-order valence-corrected chi connectivity index (χ3v) is 4.76. The number of ether oxygens (including phenoxy) is 2. The second-order valence-corrected chi connectivity index (χ2v) is 7.24. The Labute approximate surface area is 171 Å². The van der Waals surface area contributed by atoms with Gasteiger partial charge in [-0.3, -0.25) is 4.79 Å². The van der Waals surface area contributed by atoms with E-state index in [0.29, 0.717) is 24.7 Å². The van der Waals surface area contributed by atoms with Gasteiger partial charge in [0.2, 0.25) is 5.91 Å². The first-order valence-electron chi connectivity index (χ1n) is 9.47. The van der Waals surface area contributed by atoms with Gasteiger partial charge in [-0.2, -0.15) is 5.10 Å². The summed E-state index contributed by atoms with van der Waals surface area (Å²) in [5.74, 6) is 2.44. The number of carbonyl (C=O) groups is 1. The highest BCUT2D eigenvalue weighted by molar-refractivity contribution is 7.99. The van der Waals surface area contributed by atoms with Crippen LogP contribution in [0.4, 0.5) is 0 Å². The van der Waals surface area contributed by atoms with Crippen LogP contribution in [0.3, 0.4) is 0 Å². The van der Waals surface area contributed by atoms with Crippen molar-refractivity contribution in [1.82, 2.24) is 5.43 Å². The van der Waals surface area contributed by atoms with Crippen LogP contribution in [0.1, 0.15) is 37.0 Å². The van der Waals surface area contributed by atoms with Crippen LogP contribution in [0.2, 0.25) is 0 Å². The molecule has 1 N–H and O–H groups in total. The van der Waals surface area contributed by atoms with Crippen LogP contribution >= 0.6 is 11.8 Å². The van der Waals surface area contributed by atoms with Gasteiger partial charge in [0, 0.05) is 5.75 Å². The lowest BCUT2D eigenvalue weighted by Gasteiger charge is -2.11. The summed E-state index contributed by atoms with van der Waals surface area (Å²) in [5.41, 5.74) is 5.84. The Morgan fingerprint density at radius 2 is 1.89 bits per heavy atom. The normalized spacial score (nSPS) is 10.8. The fraction of sp³-hybridized carbons (Fsp3) is 0.364. The average Bonchev–Trinajstić information content (AvgIpc) is 2.69. The summed E-state index contributed by atoms with van der Waals surface area (Å²) in [6.07, 6.45) is 2.54. The van der Waals surface area contributed by atoms with Crippen LogP contribution in [-0.2, 0) is 10.5 Å². The predicted molar refractivity (Wildman–Crippen MR) is 116 cm³/mol. The third-order valence-electron chi connectivity index (χ3n) is 3.75. The SMILES string of the molecule is CCCOc1ccc(/C=N/NC(=O)CSCc2ccc(C)cc2)cc1OCC. The molecule has 5 nitrogen and oxygen atoms in total. The van der Waals surface area contributed by atoms with E-state index in [0.717, 1.165) is 23.5 Å². The lowest BCUT2D eigenvalue weighted by atomic mass is 10.2. The monoisotopic (exact) mass is 400 g/mol. The number of hydrogen-bond donors (Lipinski definition) is 1. The van der Waals surface area contributed by atoms with Gasteiger partial charge in [0.1, 0.15) is 0 Å². The second-order valence-electron chi connectivity index (χ2n) is 6.26. The molecule has 28 heavy (non-hydrogen) atoms. The maximum Gasteiger partial charge on any atom is 0.250 e. The second kappa shape index (κ2) is 12.1. The Hall–Kier alpha value is -2.47. The maximum atomic E-state index is 11.9. The molecule has 0 saturated heterocycles. The fourth-order valence-corrected chi connectivity index (χ4v) is 3.14. The highest BCUT2D eigenvalue weighted by Crippen LogP contribution is 2.28. The molecule has 1 amide bonds. The van der Waals surface area contributed by atoms with Gasteiger partial charge >= 0.3 is 0 Å². The maximum absolute atomic E-state index is 11.9. The molecule has 0 aliphatic rings.